The SMILES string of the molecule is CC(=O)OC1CC2C(O)CC3C4CCC(C(C)CCCC(C)C)C4(C)CCC3C2(C)CC1OC(C)=O. The van der Waals surface area contributed by atoms with Gasteiger partial charge >= 0.3 is 11.9 Å². The number of hydrogen-bond donors (Lipinski definition) is 1. The summed E-state index contributed by atoms with van der Waals surface area (Å²) in [6.45, 7) is 14.9. The number of aliphatic hydroxyl groups excluding tert-OH is 1. The van der Waals surface area contributed by atoms with Crippen molar-refractivity contribution in [1.29, 1.82) is 0 Å². The minimum absolute atomic E-state index is 0.0754. The van der Waals surface area contributed by atoms with Crippen LogP contribution >= 0.6 is 0 Å². The van der Waals surface area contributed by atoms with E-state index in [9.17, 15) is 14.7 Å². The molecule has 206 valence electrons. The van der Waals surface area contributed by atoms with Crippen LogP contribution in [-0.4, -0.2) is 35.4 Å². The molecule has 11 atom stereocenters. The molecule has 0 aromatic heterocycles. The molecule has 1 N–H and O–H groups in total. The summed E-state index contributed by atoms with van der Waals surface area (Å²) in [4.78, 5) is 23.8. The maximum atomic E-state index is 11.9. The molecule has 0 aromatic rings. The number of esters is 2. The molecule has 4 saturated carbocycles. The van der Waals surface area contributed by atoms with Crippen LogP contribution in [0.2, 0.25) is 0 Å². The zero-order valence-corrected chi connectivity index (χ0v) is 23.9. The van der Waals surface area contributed by atoms with Gasteiger partial charge in [-0.25, -0.2) is 0 Å². The molecule has 0 spiro atoms. The first kappa shape index (κ1) is 27.9. The Kier molecular flexibility index (Phi) is 8.20. The number of aliphatic hydroxyl groups is 1. The van der Waals surface area contributed by atoms with Gasteiger partial charge in [0.25, 0.3) is 0 Å². The van der Waals surface area contributed by atoms with Crippen molar-refractivity contribution in [2.24, 2.45) is 52.3 Å². The summed E-state index contributed by atoms with van der Waals surface area (Å²) >= 11 is 0. The van der Waals surface area contributed by atoms with Crippen molar-refractivity contribution < 1.29 is 24.2 Å². The first-order chi connectivity index (χ1) is 16.9. The highest BCUT2D eigenvalue weighted by Crippen LogP contribution is 2.68. The number of carbonyl (C=O) groups excluding carboxylic acids is 2. The molecule has 4 rings (SSSR count). The second kappa shape index (κ2) is 10.6. The summed E-state index contributed by atoms with van der Waals surface area (Å²) in [5.74, 6) is 3.44. The molecule has 0 aromatic carbocycles. The van der Waals surface area contributed by atoms with Crippen LogP contribution in [0.5, 0.6) is 0 Å². The molecule has 0 radical (unpaired) electrons. The van der Waals surface area contributed by atoms with Gasteiger partial charge in [0.05, 0.1) is 6.10 Å². The maximum Gasteiger partial charge on any atom is 0.303 e. The third-order valence-corrected chi connectivity index (χ3v) is 11.5. The Balaban J connectivity index is 1.54. The predicted molar refractivity (Wildman–Crippen MR) is 141 cm³/mol. The van der Waals surface area contributed by atoms with E-state index >= 15 is 0 Å². The Labute approximate surface area is 219 Å². The zero-order chi connectivity index (χ0) is 26.4. The minimum Gasteiger partial charge on any atom is -0.459 e. The Bertz CT molecular complexity index is 809. The first-order valence-electron chi connectivity index (χ1n) is 14.9. The molecule has 0 saturated heterocycles. The lowest BCUT2D eigenvalue weighted by atomic mass is 9.43. The number of hydrogen-bond acceptors (Lipinski definition) is 5. The summed E-state index contributed by atoms with van der Waals surface area (Å²) in [7, 11) is 0. The van der Waals surface area contributed by atoms with E-state index in [-0.39, 0.29) is 23.3 Å². The molecule has 5 nitrogen and oxygen atoms in total. The Hall–Kier alpha value is -1.10. The normalized spacial score (nSPS) is 44.8. The van der Waals surface area contributed by atoms with Crippen molar-refractivity contribution >= 4 is 11.9 Å². The first-order valence-corrected chi connectivity index (χ1v) is 14.9. The Morgan fingerprint density at radius 2 is 1.50 bits per heavy atom. The third kappa shape index (κ3) is 5.12. The van der Waals surface area contributed by atoms with Gasteiger partial charge in [0.2, 0.25) is 0 Å². The lowest BCUT2D eigenvalue weighted by Crippen LogP contribution is -2.61. The Morgan fingerprint density at radius 3 is 2.14 bits per heavy atom. The van der Waals surface area contributed by atoms with Crippen LogP contribution in [0.15, 0.2) is 0 Å². The van der Waals surface area contributed by atoms with E-state index in [0.717, 1.165) is 24.2 Å². The fraction of sp³-hybridized carbons (Fsp3) is 0.935. The van der Waals surface area contributed by atoms with Crippen molar-refractivity contribution in [1.82, 2.24) is 0 Å². The van der Waals surface area contributed by atoms with Gasteiger partial charge in [-0.1, -0.05) is 53.9 Å². The van der Waals surface area contributed by atoms with Crippen molar-refractivity contribution in [2.45, 2.75) is 131 Å². The summed E-state index contributed by atoms with van der Waals surface area (Å²) in [5, 5.41) is 11.5. The number of rotatable bonds is 7. The van der Waals surface area contributed by atoms with Crippen LogP contribution in [0.3, 0.4) is 0 Å². The molecule has 0 aliphatic heterocycles. The van der Waals surface area contributed by atoms with Gasteiger partial charge in [-0.3, -0.25) is 9.59 Å². The van der Waals surface area contributed by atoms with Crippen LogP contribution in [0.4, 0.5) is 0 Å². The molecule has 4 aliphatic carbocycles. The Morgan fingerprint density at radius 1 is 0.861 bits per heavy atom. The van der Waals surface area contributed by atoms with Gasteiger partial charge in [0.15, 0.2) is 0 Å². The van der Waals surface area contributed by atoms with Crippen LogP contribution < -0.4 is 0 Å². The van der Waals surface area contributed by atoms with E-state index in [0.29, 0.717) is 36.0 Å². The summed E-state index contributed by atoms with van der Waals surface area (Å²) in [6.07, 6.45) is 9.90. The fourth-order valence-electron chi connectivity index (χ4n) is 9.98. The standard InChI is InChI=1S/C31H52O5/c1-18(2)9-8-10-19(3)23-11-12-24-22-15-27(34)26-16-28(35-20(4)32)29(36-21(5)33)17-31(26,7)25(22)13-14-30(23,24)6/h18-19,22-29,34H,8-17H2,1-7H3. The molecule has 4 aliphatic rings. The number of carbonyl (C=O) groups is 2. The lowest BCUT2D eigenvalue weighted by molar-refractivity contribution is -0.213. The van der Waals surface area contributed by atoms with Gasteiger partial charge in [0.1, 0.15) is 12.2 Å². The zero-order valence-electron chi connectivity index (χ0n) is 23.9. The maximum absolute atomic E-state index is 11.9. The summed E-state index contributed by atoms with van der Waals surface area (Å²) in [5.41, 5.74) is 0.257. The van der Waals surface area contributed by atoms with Gasteiger partial charge in [-0.05, 0) is 97.2 Å². The van der Waals surface area contributed by atoms with Crippen molar-refractivity contribution in [2.75, 3.05) is 0 Å². The number of fused-ring (bicyclic) bond motifs is 5. The quantitative estimate of drug-likeness (QED) is 0.398. The van der Waals surface area contributed by atoms with Crippen LogP contribution in [0.25, 0.3) is 0 Å². The molecular weight excluding hydrogens is 452 g/mol. The fourth-order valence-corrected chi connectivity index (χ4v) is 9.98. The van der Waals surface area contributed by atoms with Gasteiger partial charge < -0.3 is 14.6 Å². The second-order valence-corrected chi connectivity index (χ2v) is 14.1. The summed E-state index contributed by atoms with van der Waals surface area (Å²) in [6, 6.07) is 0. The molecular formula is C31H52O5. The molecule has 0 amide bonds. The highest BCUT2D eigenvalue weighted by Gasteiger charge is 2.64. The monoisotopic (exact) mass is 504 g/mol. The second-order valence-electron chi connectivity index (χ2n) is 14.1. The van der Waals surface area contributed by atoms with E-state index in [1.165, 1.54) is 58.8 Å². The smallest absolute Gasteiger partial charge is 0.303 e. The van der Waals surface area contributed by atoms with Gasteiger partial charge in [-0.15, -0.1) is 0 Å². The van der Waals surface area contributed by atoms with Crippen LogP contribution in [0.1, 0.15) is 113 Å². The molecule has 4 fully saturated rings. The average molecular weight is 505 g/mol. The van der Waals surface area contributed by atoms with Gasteiger partial charge in [0, 0.05) is 13.8 Å². The minimum atomic E-state index is -0.466. The summed E-state index contributed by atoms with van der Waals surface area (Å²) < 4.78 is 11.4. The van der Waals surface area contributed by atoms with Crippen LogP contribution in [0, 0.1) is 52.3 Å². The topological polar surface area (TPSA) is 72.8 Å². The third-order valence-electron chi connectivity index (χ3n) is 11.5. The molecule has 11 unspecified atom stereocenters. The highest BCUT2D eigenvalue weighted by atomic mass is 16.6. The van der Waals surface area contributed by atoms with E-state index in [1.54, 1.807) is 0 Å². The van der Waals surface area contributed by atoms with E-state index in [2.05, 4.69) is 34.6 Å². The van der Waals surface area contributed by atoms with Crippen molar-refractivity contribution in [3.8, 4) is 0 Å². The van der Waals surface area contributed by atoms with E-state index in [1.807, 2.05) is 0 Å². The average Bonchev–Trinajstić information content (AvgIpc) is 3.11. The van der Waals surface area contributed by atoms with Crippen molar-refractivity contribution in [3.05, 3.63) is 0 Å². The molecule has 0 bridgehead atoms. The molecule has 0 heterocycles. The van der Waals surface area contributed by atoms with E-state index < -0.39 is 18.3 Å². The predicted octanol–water partition coefficient (Wildman–Crippen LogP) is 6.55. The molecule has 5 heteroatoms. The number of ether oxygens (including phenoxy) is 2. The highest BCUT2D eigenvalue weighted by molar-refractivity contribution is 5.67. The largest absolute Gasteiger partial charge is 0.459 e. The van der Waals surface area contributed by atoms with Gasteiger partial charge in [-0.2, -0.15) is 0 Å². The lowest BCUT2D eigenvalue weighted by Gasteiger charge is -2.63. The molecule has 36 heavy (non-hydrogen) atoms. The van der Waals surface area contributed by atoms with Crippen molar-refractivity contribution in [3.63, 3.8) is 0 Å². The van der Waals surface area contributed by atoms with E-state index in [4.69, 9.17) is 9.47 Å². The van der Waals surface area contributed by atoms with Crippen LogP contribution in [-0.2, 0) is 19.1 Å².